The van der Waals surface area contributed by atoms with Gasteiger partial charge >= 0.3 is 0 Å². The fourth-order valence-corrected chi connectivity index (χ4v) is 3.93. The third kappa shape index (κ3) is 3.88. The molecule has 3 rings (SSSR count). The van der Waals surface area contributed by atoms with E-state index in [-0.39, 0.29) is 12.4 Å². The van der Waals surface area contributed by atoms with Crippen LogP contribution < -0.4 is 13.8 Å². The number of ether oxygens (including phenoxy) is 2. The number of carbonyl (C=O) groups excluding carboxylic acids is 1. The fourth-order valence-electron chi connectivity index (χ4n) is 2.97. The zero-order chi connectivity index (χ0) is 19.6. The highest BCUT2D eigenvalue weighted by Gasteiger charge is 2.26. The molecule has 0 bridgehead atoms. The summed E-state index contributed by atoms with van der Waals surface area (Å²) in [5, 5.41) is 8.92. The van der Waals surface area contributed by atoms with Gasteiger partial charge in [0.25, 0.3) is 0 Å². The molecule has 0 atom stereocenters. The summed E-state index contributed by atoms with van der Waals surface area (Å²) in [6.45, 7) is 0.182. The van der Waals surface area contributed by atoms with E-state index in [0.717, 1.165) is 5.56 Å². The van der Waals surface area contributed by atoms with E-state index in [1.165, 1.54) is 23.7 Å². The van der Waals surface area contributed by atoms with Crippen LogP contribution >= 0.6 is 0 Å². The van der Waals surface area contributed by atoms with Crippen molar-refractivity contribution < 1.29 is 22.7 Å². The molecule has 0 aromatic heterocycles. The van der Waals surface area contributed by atoms with E-state index >= 15 is 0 Å². The molecule has 1 heterocycles. The summed E-state index contributed by atoms with van der Waals surface area (Å²) in [7, 11) is -1.86. The summed E-state index contributed by atoms with van der Waals surface area (Å²) >= 11 is 0. The van der Waals surface area contributed by atoms with E-state index in [1.807, 2.05) is 6.07 Å². The Bertz CT molecular complexity index is 1040. The molecule has 7 nitrogen and oxygen atoms in total. The lowest BCUT2D eigenvalue weighted by molar-refractivity contribution is 0.0919. The highest BCUT2D eigenvalue weighted by Crippen LogP contribution is 2.31. The minimum atomic E-state index is -3.32. The fraction of sp³-hybridized carbons (Fsp3) is 0.263. The number of Topliss-reactive ketones (excluding diaryl/α,β-unsaturated/α-hetero) is 1. The van der Waals surface area contributed by atoms with Crippen molar-refractivity contribution in [1.29, 1.82) is 5.26 Å². The van der Waals surface area contributed by atoms with E-state index in [1.54, 1.807) is 30.3 Å². The average Bonchev–Trinajstić information content (AvgIpc) is 3.09. The topological polar surface area (TPSA) is 96.7 Å². The van der Waals surface area contributed by atoms with Gasteiger partial charge in [-0.05, 0) is 42.3 Å². The van der Waals surface area contributed by atoms with Crippen LogP contribution in [0.15, 0.2) is 36.4 Å². The molecule has 0 spiro atoms. The highest BCUT2D eigenvalue weighted by molar-refractivity contribution is 7.92. The van der Waals surface area contributed by atoms with Crippen LogP contribution in [-0.2, 0) is 16.4 Å². The lowest BCUT2D eigenvalue weighted by Gasteiger charge is -2.16. The van der Waals surface area contributed by atoms with Crippen LogP contribution in [0.25, 0.3) is 0 Å². The Hall–Kier alpha value is -3.05. The van der Waals surface area contributed by atoms with Gasteiger partial charge in [0.05, 0.1) is 30.7 Å². The minimum absolute atomic E-state index is 0.198. The third-order valence-electron chi connectivity index (χ3n) is 4.31. The lowest BCUT2D eigenvalue weighted by atomic mass is 10.1. The minimum Gasteiger partial charge on any atom is -0.493 e. The highest BCUT2D eigenvalue weighted by atomic mass is 32.2. The monoisotopic (exact) mass is 386 g/mol. The molecule has 140 valence electrons. The predicted molar refractivity (Wildman–Crippen MR) is 99.9 cm³/mol. The Labute approximate surface area is 157 Å². The first-order chi connectivity index (χ1) is 12.8. The molecule has 0 unspecified atom stereocenters. The maximum absolute atomic E-state index is 12.5. The van der Waals surface area contributed by atoms with Gasteiger partial charge in [-0.3, -0.25) is 9.10 Å². The van der Waals surface area contributed by atoms with Crippen molar-refractivity contribution in [1.82, 2.24) is 0 Å². The summed E-state index contributed by atoms with van der Waals surface area (Å²) in [6.07, 6.45) is 1.73. The zero-order valence-corrected chi connectivity index (χ0v) is 15.7. The predicted octanol–water partition coefficient (Wildman–Crippen LogP) is 2.15. The van der Waals surface area contributed by atoms with Gasteiger partial charge in [-0.2, -0.15) is 5.26 Å². The van der Waals surface area contributed by atoms with Gasteiger partial charge in [-0.1, -0.05) is 0 Å². The number of methoxy groups -OCH3 is 1. The summed E-state index contributed by atoms with van der Waals surface area (Å²) in [5.74, 6) is 0.510. The second-order valence-electron chi connectivity index (χ2n) is 6.12. The number of hydrogen-bond acceptors (Lipinski definition) is 6. The van der Waals surface area contributed by atoms with Gasteiger partial charge in [0, 0.05) is 18.2 Å². The normalized spacial score (nSPS) is 13.0. The van der Waals surface area contributed by atoms with E-state index in [2.05, 4.69) is 0 Å². The zero-order valence-electron chi connectivity index (χ0n) is 14.9. The maximum Gasteiger partial charge on any atom is 0.232 e. The van der Waals surface area contributed by atoms with Gasteiger partial charge in [-0.15, -0.1) is 0 Å². The first kappa shape index (κ1) is 18.7. The van der Waals surface area contributed by atoms with Crippen molar-refractivity contribution in [3.8, 4) is 17.6 Å². The second-order valence-corrected chi connectivity index (χ2v) is 8.02. The molecule has 0 amide bonds. The SMILES string of the molecule is COc1cc(C#N)ccc1OCC(=O)c1ccc2c(c1)CCN2S(C)(=O)=O. The van der Waals surface area contributed by atoms with Crippen LogP contribution in [0, 0.1) is 11.3 Å². The smallest absolute Gasteiger partial charge is 0.232 e. The van der Waals surface area contributed by atoms with Gasteiger partial charge < -0.3 is 9.47 Å². The van der Waals surface area contributed by atoms with E-state index in [0.29, 0.717) is 41.3 Å². The largest absolute Gasteiger partial charge is 0.493 e. The molecule has 0 N–H and O–H groups in total. The second kappa shape index (κ2) is 7.29. The molecule has 0 aliphatic carbocycles. The average molecular weight is 386 g/mol. The van der Waals surface area contributed by atoms with E-state index < -0.39 is 10.0 Å². The van der Waals surface area contributed by atoms with Crippen molar-refractivity contribution in [2.75, 3.05) is 30.8 Å². The van der Waals surface area contributed by atoms with Crippen molar-refractivity contribution >= 4 is 21.5 Å². The van der Waals surface area contributed by atoms with Crippen molar-refractivity contribution in [2.45, 2.75) is 6.42 Å². The molecule has 0 fully saturated rings. The Balaban J connectivity index is 1.74. The van der Waals surface area contributed by atoms with Gasteiger partial charge in [0.2, 0.25) is 10.0 Å². The molecule has 2 aromatic rings. The molecule has 0 radical (unpaired) electrons. The number of hydrogen-bond donors (Lipinski definition) is 0. The number of ketones is 1. The molecular formula is C19H18N2O5S. The number of nitrogens with zero attached hydrogens (tertiary/aromatic N) is 2. The number of rotatable bonds is 6. The van der Waals surface area contributed by atoms with Crippen LogP contribution in [0.1, 0.15) is 21.5 Å². The van der Waals surface area contributed by atoms with Crippen molar-refractivity contribution in [2.24, 2.45) is 0 Å². The molecule has 27 heavy (non-hydrogen) atoms. The van der Waals surface area contributed by atoms with Gasteiger partial charge in [0.1, 0.15) is 0 Å². The van der Waals surface area contributed by atoms with Crippen LogP contribution in [-0.4, -0.2) is 40.7 Å². The lowest BCUT2D eigenvalue weighted by Crippen LogP contribution is -2.27. The van der Waals surface area contributed by atoms with Crippen LogP contribution in [0.2, 0.25) is 0 Å². The standard InChI is InChI=1S/C19H18N2O5S/c1-25-19-9-13(11-20)3-6-18(19)26-12-17(22)15-4-5-16-14(10-15)7-8-21(16)27(2,23)24/h3-6,9-10H,7-8,12H2,1-2H3. The number of nitriles is 1. The quantitative estimate of drug-likeness (QED) is 0.706. The molecule has 1 aliphatic rings. The van der Waals surface area contributed by atoms with Gasteiger partial charge in [0.15, 0.2) is 23.9 Å². The Kier molecular flexibility index (Phi) is 5.06. The number of anilines is 1. The van der Waals surface area contributed by atoms with E-state index in [4.69, 9.17) is 14.7 Å². The van der Waals surface area contributed by atoms with Crippen molar-refractivity contribution in [3.05, 3.63) is 53.1 Å². The number of carbonyl (C=O) groups is 1. The summed E-state index contributed by atoms with van der Waals surface area (Å²) < 4.78 is 35.6. The van der Waals surface area contributed by atoms with Crippen molar-refractivity contribution in [3.63, 3.8) is 0 Å². The summed E-state index contributed by atoms with van der Waals surface area (Å²) in [6, 6.07) is 11.7. The summed E-state index contributed by atoms with van der Waals surface area (Å²) in [4.78, 5) is 12.5. The Morgan fingerprint density at radius 1 is 1.22 bits per heavy atom. The molecular weight excluding hydrogens is 368 g/mol. The molecule has 0 saturated heterocycles. The molecule has 0 saturated carbocycles. The first-order valence-corrected chi connectivity index (χ1v) is 10.0. The van der Waals surface area contributed by atoms with Crippen LogP contribution in [0.5, 0.6) is 11.5 Å². The molecule has 2 aromatic carbocycles. The summed E-state index contributed by atoms with van der Waals surface area (Å²) in [5.41, 5.74) is 2.32. The third-order valence-corrected chi connectivity index (χ3v) is 5.49. The van der Waals surface area contributed by atoms with Crippen LogP contribution in [0.3, 0.4) is 0 Å². The van der Waals surface area contributed by atoms with Gasteiger partial charge in [-0.25, -0.2) is 8.42 Å². The Morgan fingerprint density at radius 2 is 2.00 bits per heavy atom. The number of fused-ring (bicyclic) bond motifs is 1. The van der Waals surface area contributed by atoms with E-state index in [9.17, 15) is 13.2 Å². The van der Waals surface area contributed by atoms with Crippen LogP contribution in [0.4, 0.5) is 5.69 Å². The Morgan fingerprint density at radius 3 is 2.67 bits per heavy atom. The maximum atomic E-state index is 12.5. The number of sulfonamides is 1. The number of benzene rings is 2. The molecule has 1 aliphatic heterocycles. The first-order valence-electron chi connectivity index (χ1n) is 8.18. The molecule has 8 heteroatoms.